The van der Waals surface area contributed by atoms with Crippen LogP contribution in [0.15, 0.2) is 30.6 Å². The number of aryl methyl sites for hydroxylation is 1. The van der Waals surface area contributed by atoms with Crippen molar-refractivity contribution in [1.82, 2.24) is 20.3 Å². The summed E-state index contributed by atoms with van der Waals surface area (Å²) in [7, 11) is 1.56. The maximum Gasteiger partial charge on any atom is 0.253 e. The van der Waals surface area contributed by atoms with Gasteiger partial charge in [-0.05, 0) is 57.1 Å². The monoisotopic (exact) mass is 368 g/mol. The Morgan fingerprint density at radius 3 is 2.59 bits per heavy atom. The summed E-state index contributed by atoms with van der Waals surface area (Å²) < 4.78 is 5.05. The lowest BCUT2D eigenvalue weighted by atomic mass is 9.77. The highest BCUT2D eigenvalue weighted by Gasteiger charge is 2.29. The molecule has 2 aromatic rings. The number of methoxy groups -OCH3 is 1. The van der Waals surface area contributed by atoms with Gasteiger partial charge < -0.3 is 10.1 Å². The normalized spacial score (nSPS) is 20.7. The first-order valence-electron chi connectivity index (χ1n) is 9.71. The van der Waals surface area contributed by atoms with E-state index in [1.807, 2.05) is 19.2 Å². The standard InChI is InChI=1S/C21H28N4O2/c1-4-18(25-21(26)17-9-10-19(27-3)23-13-17)15-5-7-16(8-6-15)20-22-12-11-14(2)24-20/h9-13,15-16,18H,4-8H2,1-3H3,(H,25,26). The van der Waals surface area contributed by atoms with Crippen molar-refractivity contribution in [2.45, 2.75) is 57.9 Å². The molecule has 2 aromatic heterocycles. The number of carbonyl (C=O) groups excluding carboxylic acids is 1. The van der Waals surface area contributed by atoms with E-state index in [0.29, 0.717) is 23.3 Å². The number of aromatic nitrogens is 3. The van der Waals surface area contributed by atoms with Crippen LogP contribution in [0.3, 0.4) is 0 Å². The Balaban J connectivity index is 1.57. The molecule has 1 amide bonds. The van der Waals surface area contributed by atoms with Gasteiger partial charge in [-0.15, -0.1) is 0 Å². The molecule has 0 saturated heterocycles. The molecule has 1 aliphatic carbocycles. The topological polar surface area (TPSA) is 77.0 Å². The Kier molecular flexibility index (Phi) is 6.37. The van der Waals surface area contributed by atoms with Gasteiger partial charge in [-0.2, -0.15) is 0 Å². The van der Waals surface area contributed by atoms with Gasteiger partial charge in [0.15, 0.2) is 0 Å². The van der Waals surface area contributed by atoms with Gasteiger partial charge in [-0.25, -0.2) is 15.0 Å². The van der Waals surface area contributed by atoms with Crippen LogP contribution < -0.4 is 10.1 Å². The molecule has 0 bridgehead atoms. The van der Waals surface area contributed by atoms with Gasteiger partial charge in [0.1, 0.15) is 5.82 Å². The van der Waals surface area contributed by atoms with Gasteiger partial charge in [0.25, 0.3) is 5.91 Å². The van der Waals surface area contributed by atoms with E-state index >= 15 is 0 Å². The lowest BCUT2D eigenvalue weighted by Gasteiger charge is -2.33. The zero-order valence-corrected chi connectivity index (χ0v) is 16.3. The van der Waals surface area contributed by atoms with Crippen LogP contribution in [0.1, 0.15) is 66.8 Å². The van der Waals surface area contributed by atoms with E-state index in [1.165, 1.54) is 0 Å². The van der Waals surface area contributed by atoms with Crippen LogP contribution in [0.4, 0.5) is 0 Å². The molecule has 1 fully saturated rings. The number of amides is 1. The third kappa shape index (κ3) is 4.81. The van der Waals surface area contributed by atoms with E-state index in [0.717, 1.165) is 43.6 Å². The molecule has 0 spiro atoms. The summed E-state index contributed by atoms with van der Waals surface area (Å²) in [5.41, 5.74) is 1.59. The smallest absolute Gasteiger partial charge is 0.253 e. The van der Waals surface area contributed by atoms with Crippen LogP contribution in [-0.2, 0) is 0 Å². The van der Waals surface area contributed by atoms with E-state index in [1.54, 1.807) is 25.4 Å². The maximum atomic E-state index is 12.6. The number of rotatable bonds is 6. The van der Waals surface area contributed by atoms with Crippen molar-refractivity contribution in [2.24, 2.45) is 5.92 Å². The second kappa shape index (κ2) is 8.93. The Labute approximate surface area is 160 Å². The van der Waals surface area contributed by atoms with Crippen LogP contribution in [0, 0.1) is 12.8 Å². The third-order valence-corrected chi connectivity index (χ3v) is 5.48. The van der Waals surface area contributed by atoms with Gasteiger partial charge in [0, 0.05) is 36.1 Å². The van der Waals surface area contributed by atoms with Crippen molar-refractivity contribution in [3.05, 3.63) is 47.7 Å². The number of hydrogen-bond acceptors (Lipinski definition) is 5. The second-order valence-electron chi connectivity index (χ2n) is 7.25. The first kappa shape index (κ1) is 19.3. The van der Waals surface area contributed by atoms with Crippen LogP contribution in [0.5, 0.6) is 5.88 Å². The highest BCUT2D eigenvalue weighted by molar-refractivity contribution is 5.94. The fraction of sp³-hybridized carbons (Fsp3) is 0.524. The Morgan fingerprint density at radius 2 is 2.00 bits per heavy atom. The largest absolute Gasteiger partial charge is 0.481 e. The number of nitrogens with one attached hydrogen (secondary N) is 1. The zero-order valence-electron chi connectivity index (χ0n) is 16.3. The van der Waals surface area contributed by atoms with Crippen molar-refractivity contribution in [3.63, 3.8) is 0 Å². The van der Waals surface area contributed by atoms with E-state index in [-0.39, 0.29) is 11.9 Å². The minimum atomic E-state index is -0.0684. The Morgan fingerprint density at radius 1 is 1.22 bits per heavy atom. The molecular weight excluding hydrogens is 340 g/mol. The van der Waals surface area contributed by atoms with Crippen LogP contribution in [0.25, 0.3) is 0 Å². The van der Waals surface area contributed by atoms with Gasteiger partial charge in [-0.3, -0.25) is 4.79 Å². The third-order valence-electron chi connectivity index (χ3n) is 5.48. The molecule has 2 heterocycles. The van der Waals surface area contributed by atoms with Crippen molar-refractivity contribution >= 4 is 5.91 Å². The van der Waals surface area contributed by atoms with Gasteiger partial charge in [0.05, 0.1) is 12.7 Å². The summed E-state index contributed by atoms with van der Waals surface area (Å²) in [6.45, 7) is 4.14. The van der Waals surface area contributed by atoms with Gasteiger partial charge in [0.2, 0.25) is 5.88 Å². The first-order chi connectivity index (χ1) is 13.1. The summed E-state index contributed by atoms with van der Waals surface area (Å²) in [6, 6.07) is 5.58. The molecule has 6 nitrogen and oxygen atoms in total. The predicted molar refractivity (Wildman–Crippen MR) is 104 cm³/mol. The molecule has 0 aromatic carbocycles. The molecule has 1 N–H and O–H groups in total. The molecule has 0 aliphatic heterocycles. The number of hydrogen-bond donors (Lipinski definition) is 1. The molecular formula is C21H28N4O2. The van der Waals surface area contributed by atoms with E-state index in [4.69, 9.17) is 4.74 Å². The summed E-state index contributed by atoms with van der Waals surface area (Å²) >= 11 is 0. The quantitative estimate of drug-likeness (QED) is 0.842. The molecule has 27 heavy (non-hydrogen) atoms. The van der Waals surface area contributed by atoms with Crippen LogP contribution >= 0.6 is 0 Å². The molecule has 3 rings (SSSR count). The van der Waals surface area contributed by atoms with Crippen molar-refractivity contribution < 1.29 is 9.53 Å². The SMILES string of the molecule is CCC(NC(=O)c1ccc(OC)nc1)C1CCC(c2nccc(C)n2)CC1. The van der Waals surface area contributed by atoms with Gasteiger partial charge >= 0.3 is 0 Å². The summed E-state index contributed by atoms with van der Waals surface area (Å²) in [4.78, 5) is 25.7. The highest BCUT2D eigenvalue weighted by atomic mass is 16.5. The predicted octanol–water partition coefficient (Wildman–Crippen LogP) is 3.67. The number of carbonyl (C=O) groups is 1. The Bertz CT molecular complexity index is 755. The Hall–Kier alpha value is -2.50. The minimum absolute atomic E-state index is 0.0684. The van der Waals surface area contributed by atoms with E-state index in [9.17, 15) is 4.79 Å². The molecule has 1 aliphatic rings. The van der Waals surface area contributed by atoms with E-state index in [2.05, 4.69) is 27.2 Å². The zero-order chi connectivity index (χ0) is 19.2. The second-order valence-corrected chi connectivity index (χ2v) is 7.25. The van der Waals surface area contributed by atoms with Crippen molar-refractivity contribution in [3.8, 4) is 5.88 Å². The number of pyridine rings is 1. The van der Waals surface area contributed by atoms with E-state index < -0.39 is 0 Å². The molecule has 0 radical (unpaired) electrons. The van der Waals surface area contributed by atoms with Gasteiger partial charge in [-0.1, -0.05) is 6.92 Å². The number of nitrogens with zero attached hydrogens (tertiary/aromatic N) is 3. The molecule has 1 atom stereocenters. The average molecular weight is 368 g/mol. The lowest BCUT2D eigenvalue weighted by Crippen LogP contribution is -2.41. The summed E-state index contributed by atoms with van der Waals surface area (Å²) in [5.74, 6) is 2.33. The van der Waals surface area contributed by atoms with Crippen molar-refractivity contribution in [2.75, 3.05) is 7.11 Å². The highest BCUT2D eigenvalue weighted by Crippen LogP contribution is 2.36. The molecule has 1 saturated carbocycles. The fourth-order valence-corrected chi connectivity index (χ4v) is 3.89. The fourth-order valence-electron chi connectivity index (χ4n) is 3.89. The molecule has 144 valence electrons. The molecule has 6 heteroatoms. The van der Waals surface area contributed by atoms with Crippen molar-refractivity contribution in [1.29, 1.82) is 0 Å². The van der Waals surface area contributed by atoms with Crippen LogP contribution in [-0.4, -0.2) is 34.0 Å². The lowest BCUT2D eigenvalue weighted by molar-refractivity contribution is 0.0908. The summed E-state index contributed by atoms with van der Waals surface area (Å²) in [6.07, 6.45) is 8.65. The summed E-state index contributed by atoms with van der Waals surface area (Å²) in [5, 5.41) is 3.20. The minimum Gasteiger partial charge on any atom is -0.481 e. The number of ether oxygens (including phenoxy) is 1. The average Bonchev–Trinajstić information content (AvgIpc) is 2.72. The van der Waals surface area contributed by atoms with Crippen LogP contribution in [0.2, 0.25) is 0 Å². The first-order valence-corrected chi connectivity index (χ1v) is 9.71. The maximum absolute atomic E-state index is 12.6. The molecule has 1 unspecified atom stereocenters.